The molecule has 1 aromatic rings. The molecular weight excluding hydrogens is 238 g/mol. The molecule has 0 bridgehead atoms. The minimum atomic E-state index is -3.86. The minimum absolute atomic E-state index is 0.135. The average molecular weight is 249 g/mol. The molecule has 0 amide bonds. The van der Waals surface area contributed by atoms with E-state index in [0.717, 1.165) is 6.42 Å². The van der Waals surface area contributed by atoms with E-state index in [-0.39, 0.29) is 5.56 Å². The van der Waals surface area contributed by atoms with Crippen molar-refractivity contribution < 1.29 is 18.3 Å². The summed E-state index contributed by atoms with van der Waals surface area (Å²) < 4.78 is 30.2. The van der Waals surface area contributed by atoms with Crippen LogP contribution in [0.25, 0.3) is 0 Å². The number of hydrogen-bond donors (Lipinski definition) is 0. The number of carbonyl (C=O) groups excluding carboxylic acids is 1. The molecule has 0 saturated carbocycles. The lowest BCUT2D eigenvalue weighted by Gasteiger charge is -2.08. The van der Waals surface area contributed by atoms with Gasteiger partial charge in [-0.1, -0.05) is 6.92 Å². The summed E-state index contributed by atoms with van der Waals surface area (Å²) in [5, 5.41) is -3.86. The van der Waals surface area contributed by atoms with Gasteiger partial charge in [0.15, 0.2) is 0 Å². The molecule has 88 valence electrons. The Labute approximate surface area is 97.2 Å². The zero-order chi connectivity index (χ0) is 12.2. The van der Waals surface area contributed by atoms with Crippen molar-refractivity contribution in [2.75, 3.05) is 6.61 Å². The maximum absolute atomic E-state index is 12.5. The van der Waals surface area contributed by atoms with E-state index < -0.39 is 11.2 Å². The third-order valence-corrected chi connectivity index (χ3v) is 2.02. The number of carbonyl (C=O) groups is 1. The van der Waals surface area contributed by atoms with Gasteiger partial charge in [-0.05, 0) is 42.3 Å². The van der Waals surface area contributed by atoms with Crippen LogP contribution in [0.3, 0.4) is 0 Å². The van der Waals surface area contributed by atoms with Crippen LogP contribution in [-0.4, -0.2) is 17.8 Å². The second-order valence-corrected chi connectivity index (χ2v) is 3.67. The first-order valence-electron chi connectivity index (χ1n) is 4.79. The molecule has 2 nitrogen and oxygen atoms in total. The summed E-state index contributed by atoms with van der Waals surface area (Å²) in [5.41, 5.74) is -0.135. The molecule has 0 spiro atoms. The lowest BCUT2D eigenvalue weighted by Crippen LogP contribution is -2.21. The van der Waals surface area contributed by atoms with Crippen molar-refractivity contribution in [2.45, 2.75) is 18.7 Å². The van der Waals surface area contributed by atoms with Gasteiger partial charge in [0.2, 0.25) is 5.78 Å². The predicted molar refractivity (Wildman–Crippen MR) is 57.4 cm³/mol. The van der Waals surface area contributed by atoms with Crippen molar-refractivity contribution in [1.29, 1.82) is 0 Å². The first kappa shape index (κ1) is 12.9. The molecule has 0 aromatic heterocycles. The average Bonchev–Trinajstić information content (AvgIpc) is 2.25. The van der Waals surface area contributed by atoms with E-state index in [1.165, 1.54) is 24.3 Å². The van der Waals surface area contributed by atoms with E-state index in [0.29, 0.717) is 12.4 Å². The van der Waals surface area contributed by atoms with E-state index in [9.17, 15) is 13.6 Å². The van der Waals surface area contributed by atoms with Gasteiger partial charge in [0.25, 0.3) is 0 Å². The number of halogens is 3. The third kappa shape index (κ3) is 3.45. The molecule has 1 aromatic carbocycles. The molecule has 0 heterocycles. The summed E-state index contributed by atoms with van der Waals surface area (Å²) in [4.78, 5) is 11.1. The molecule has 0 N–H and O–H groups in total. The highest BCUT2D eigenvalue weighted by Gasteiger charge is 2.36. The Morgan fingerprint density at radius 1 is 1.38 bits per heavy atom. The van der Waals surface area contributed by atoms with Gasteiger partial charge in [-0.2, -0.15) is 8.78 Å². The monoisotopic (exact) mass is 248 g/mol. The van der Waals surface area contributed by atoms with Crippen molar-refractivity contribution in [2.24, 2.45) is 0 Å². The Kier molecular flexibility index (Phi) is 4.24. The maximum Gasteiger partial charge on any atom is 0.384 e. The van der Waals surface area contributed by atoms with Gasteiger partial charge in [-0.25, -0.2) is 0 Å². The molecule has 0 atom stereocenters. The predicted octanol–water partition coefficient (Wildman–Crippen LogP) is 3.49. The fourth-order valence-corrected chi connectivity index (χ4v) is 1.20. The Hall–Kier alpha value is -1.16. The minimum Gasteiger partial charge on any atom is -0.494 e. The topological polar surface area (TPSA) is 26.3 Å². The summed E-state index contributed by atoms with van der Waals surface area (Å²) in [6.45, 7) is 2.49. The number of Topliss-reactive ketones (excluding diaryl/α,β-unsaturated/α-hetero) is 1. The Morgan fingerprint density at radius 3 is 2.38 bits per heavy atom. The number of hydrogen-bond acceptors (Lipinski definition) is 2. The SMILES string of the molecule is CCCOc1ccc(C(=O)C(F)(F)Cl)cc1. The standard InChI is InChI=1S/C11H11ClF2O2/c1-2-7-16-9-5-3-8(4-6-9)10(15)11(12,13)14/h3-6H,2,7H2,1H3. The lowest BCUT2D eigenvalue weighted by atomic mass is 10.1. The number of benzene rings is 1. The summed E-state index contributed by atoms with van der Waals surface area (Å²) in [6.07, 6.45) is 0.848. The van der Waals surface area contributed by atoms with Gasteiger partial charge in [0, 0.05) is 5.56 Å². The zero-order valence-electron chi connectivity index (χ0n) is 8.67. The van der Waals surface area contributed by atoms with Crippen molar-refractivity contribution in [3.63, 3.8) is 0 Å². The normalized spacial score (nSPS) is 11.2. The highest BCUT2D eigenvalue weighted by Crippen LogP contribution is 2.25. The van der Waals surface area contributed by atoms with Crippen LogP contribution < -0.4 is 4.74 Å². The Balaban J connectivity index is 2.75. The fourth-order valence-electron chi connectivity index (χ4n) is 1.09. The second-order valence-electron chi connectivity index (χ2n) is 3.20. The van der Waals surface area contributed by atoms with Gasteiger partial charge >= 0.3 is 5.38 Å². The molecule has 1 rings (SSSR count). The Morgan fingerprint density at radius 2 is 1.94 bits per heavy atom. The smallest absolute Gasteiger partial charge is 0.384 e. The van der Waals surface area contributed by atoms with Crippen molar-refractivity contribution in [3.8, 4) is 5.75 Å². The number of ketones is 1. The summed E-state index contributed by atoms with van der Waals surface area (Å²) in [5.74, 6) is -0.868. The largest absolute Gasteiger partial charge is 0.494 e. The highest BCUT2D eigenvalue weighted by molar-refractivity contribution is 6.35. The fraction of sp³-hybridized carbons (Fsp3) is 0.364. The number of rotatable bonds is 5. The van der Waals surface area contributed by atoms with Crippen LogP contribution >= 0.6 is 11.6 Å². The molecule has 0 aliphatic heterocycles. The third-order valence-electron chi connectivity index (χ3n) is 1.85. The highest BCUT2D eigenvalue weighted by atomic mass is 35.5. The van der Waals surface area contributed by atoms with Crippen molar-refractivity contribution in [3.05, 3.63) is 29.8 Å². The zero-order valence-corrected chi connectivity index (χ0v) is 9.43. The van der Waals surface area contributed by atoms with Crippen LogP contribution in [0.15, 0.2) is 24.3 Å². The molecule has 16 heavy (non-hydrogen) atoms. The van der Waals surface area contributed by atoms with Gasteiger partial charge in [0.1, 0.15) is 5.75 Å². The van der Waals surface area contributed by atoms with Crippen molar-refractivity contribution in [1.82, 2.24) is 0 Å². The quantitative estimate of drug-likeness (QED) is 0.589. The molecule has 0 unspecified atom stereocenters. The van der Waals surface area contributed by atoms with E-state index in [1.54, 1.807) is 0 Å². The van der Waals surface area contributed by atoms with E-state index >= 15 is 0 Å². The van der Waals surface area contributed by atoms with Crippen LogP contribution in [0.5, 0.6) is 5.75 Å². The van der Waals surface area contributed by atoms with Crippen LogP contribution in [0, 0.1) is 0 Å². The molecule has 0 aliphatic rings. The number of alkyl halides is 3. The van der Waals surface area contributed by atoms with E-state index in [1.807, 2.05) is 6.92 Å². The van der Waals surface area contributed by atoms with E-state index in [4.69, 9.17) is 4.74 Å². The Bertz CT molecular complexity index is 357. The summed E-state index contributed by atoms with van der Waals surface area (Å²) >= 11 is 4.63. The first-order valence-corrected chi connectivity index (χ1v) is 5.17. The van der Waals surface area contributed by atoms with Crippen molar-refractivity contribution >= 4 is 17.4 Å². The molecule has 0 aliphatic carbocycles. The first-order chi connectivity index (χ1) is 7.45. The second kappa shape index (κ2) is 5.25. The molecule has 0 fully saturated rings. The molecule has 0 saturated heterocycles. The van der Waals surface area contributed by atoms with Gasteiger partial charge in [-0.15, -0.1) is 0 Å². The van der Waals surface area contributed by atoms with Crippen LogP contribution in [-0.2, 0) is 0 Å². The lowest BCUT2D eigenvalue weighted by molar-refractivity contribution is 0.0536. The summed E-state index contributed by atoms with van der Waals surface area (Å²) in [7, 11) is 0. The van der Waals surface area contributed by atoms with Crippen LogP contribution in [0.4, 0.5) is 8.78 Å². The molecule has 5 heteroatoms. The molecular formula is C11H11ClF2O2. The molecule has 0 radical (unpaired) electrons. The van der Waals surface area contributed by atoms with Gasteiger partial charge < -0.3 is 4.74 Å². The van der Waals surface area contributed by atoms with Crippen LogP contribution in [0.1, 0.15) is 23.7 Å². The number of ether oxygens (including phenoxy) is 1. The van der Waals surface area contributed by atoms with Crippen LogP contribution in [0.2, 0.25) is 0 Å². The van der Waals surface area contributed by atoms with Gasteiger partial charge in [-0.3, -0.25) is 4.79 Å². The van der Waals surface area contributed by atoms with Gasteiger partial charge in [0.05, 0.1) is 6.61 Å². The summed E-state index contributed by atoms with van der Waals surface area (Å²) in [6, 6.07) is 5.46. The van der Waals surface area contributed by atoms with E-state index in [2.05, 4.69) is 11.6 Å². The maximum atomic E-state index is 12.5.